The van der Waals surface area contributed by atoms with Gasteiger partial charge in [0.25, 0.3) is 0 Å². The number of rotatable bonds is 4. The van der Waals surface area contributed by atoms with Crippen molar-refractivity contribution in [1.29, 1.82) is 0 Å². The Bertz CT molecular complexity index is 2990. The third-order valence-electron chi connectivity index (χ3n) is 12.1. The van der Waals surface area contributed by atoms with Gasteiger partial charge >= 0.3 is 0 Å². The number of hydrogen-bond donors (Lipinski definition) is 0. The van der Waals surface area contributed by atoms with E-state index in [1.165, 1.54) is 72.0 Å². The second-order valence-corrected chi connectivity index (χ2v) is 15.4. The normalized spacial score (nSPS) is 17.4. The molecule has 0 amide bonds. The number of hydrogen-bond acceptors (Lipinski definition) is 2. The van der Waals surface area contributed by atoms with E-state index in [1.807, 2.05) is 0 Å². The lowest BCUT2D eigenvalue weighted by molar-refractivity contribution is 0.666. The molecule has 2 heteroatoms. The maximum Gasteiger partial charge on any atom is 0.0794 e. The topological polar surface area (TPSA) is 25.2 Å². The average molecular weight is 703 g/mol. The lowest BCUT2D eigenvalue weighted by Crippen LogP contribution is -2.39. The van der Waals surface area contributed by atoms with Gasteiger partial charge in [-0.3, -0.25) is 4.99 Å². The van der Waals surface area contributed by atoms with Gasteiger partial charge in [-0.05, 0) is 94.3 Å². The van der Waals surface area contributed by atoms with Gasteiger partial charge in [-0.15, -0.1) is 0 Å². The van der Waals surface area contributed by atoms with Crippen LogP contribution in [0.2, 0.25) is 0 Å². The first kappa shape index (κ1) is 31.8. The van der Waals surface area contributed by atoms with Crippen LogP contribution in [0.5, 0.6) is 0 Å². The molecule has 7 aromatic carbocycles. The fraction of sp³-hybridized carbons (Fsp3) is 0.0943. The number of allylic oxidation sites excluding steroid dienone is 2. The Kier molecular flexibility index (Phi) is 7.06. The molecule has 0 fully saturated rings. The smallest absolute Gasteiger partial charge is 0.0794 e. The Balaban J connectivity index is 1.26. The van der Waals surface area contributed by atoms with Crippen molar-refractivity contribution in [2.45, 2.75) is 25.3 Å². The van der Waals surface area contributed by atoms with Gasteiger partial charge in [0.15, 0.2) is 0 Å². The fourth-order valence-corrected chi connectivity index (χ4v) is 9.83. The molecule has 0 spiro atoms. The standard InChI is InChI=1S/C53H38N2/c1-33-13-11-15-37(29-33)53(38-16-12-14-34(2)30-38)45-31-35(51-41-17-3-7-21-47(41)54-48-22-8-4-18-42(48)51)25-27-39(45)40-28-26-36(32-46(40)53)52-43-19-5-9-23-49(43)55-50-24-10-6-20-44(50)52/h3-32,41,47H,1-2H3. The van der Waals surface area contributed by atoms with Gasteiger partial charge in [0.2, 0.25) is 0 Å². The summed E-state index contributed by atoms with van der Waals surface area (Å²) in [7, 11) is 0. The van der Waals surface area contributed by atoms with Gasteiger partial charge in [0.1, 0.15) is 0 Å². The van der Waals surface area contributed by atoms with E-state index < -0.39 is 5.41 Å². The summed E-state index contributed by atoms with van der Waals surface area (Å²) in [5.74, 6) is 0.161. The van der Waals surface area contributed by atoms with Crippen molar-refractivity contribution >= 4 is 27.4 Å². The van der Waals surface area contributed by atoms with Gasteiger partial charge in [-0.2, -0.15) is 0 Å². The monoisotopic (exact) mass is 702 g/mol. The summed E-state index contributed by atoms with van der Waals surface area (Å²) >= 11 is 0. The summed E-state index contributed by atoms with van der Waals surface area (Å²) in [6.07, 6.45) is 8.92. The number of para-hydroxylation sites is 3. The Morgan fingerprint density at radius 3 is 1.76 bits per heavy atom. The molecule has 11 rings (SSSR count). The molecular weight excluding hydrogens is 665 g/mol. The van der Waals surface area contributed by atoms with Gasteiger partial charge in [0.05, 0.1) is 27.8 Å². The van der Waals surface area contributed by atoms with Gasteiger partial charge in [-0.25, -0.2) is 4.98 Å². The van der Waals surface area contributed by atoms with E-state index in [0.717, 1.165) is 27.2 Å². The minimum atomic E-state index is -0.575. The van der Waals surface area contributed by atoms with Crippen molar-refractivity contribution in [3.8, 4) is 22.3 Å². The molecule has 260 valence electrons. The largest absolute Gasteiger partial charge is 0.276 e. The first-order valence-electron chi connectivity index (χ1n) is 19.3. The van der Waals surface area contributed by atoms with Crippen LogP contribution in [0.3, 0.4) is 0 Å². The molecule has 1 aromatic heterocycles. The molecule has 0 radical (unpaired) electrons. The van der Waals surface area contributed by atoms with Crippen LogP contribution in [-0.4, -0.2) is 11.0 Å². The highest BCUT2D eigenvalue weighted by atomic mass is 14.8. The van der Waals surface area contributed by atoms with E-state index in [-0.39, 0.29) is 12.0 Å². The Morgan fingerprint density at radius 2 is 1.09 bits per heavy atom. The van der Waals surface area contributed by atoms with E-state index in [0.29, 0.717) is 0 Å². The van der Waals surface area contributed by atoms with Gasteiger partial charge in [-0.1, -0.05) is 163 Å². The van der Waals surface area contributed by atoms with E-state index in [4.69, 9.17) is 9.98 Å². The number of nitrogens with zero attached hydrogens (tertiary/aromatic N) is 2. The van der Waals surface area contributed by atoms with Crippen molar-refractivity contribution < 1.29 is 0 Å². The summed E-state index contributed by atoms with van der Waals surface area (Å²) in [4.78, 5) is 10.3. The molecule has 2 unspecified atom stereocenters. The Labute approximate surface area is 321 Å². The zero-order chi connectivity index (χ0) is 36.7. The van der Waals surface area contributed by atoms with Crippen LogP contribution in [0.25, 0.3) is 49.6 Å². The van der Waals surface area contributed by atoms with Crippen LogP contribution in [0.1, 0.15) is 38.9 Å². The lowest BCUT2D eigenvalue weighted by atomic mass is 9.66. The molecule has 2 heterocycles. The molecule has 2 aliphatic carbocycles. The van der Waals surface area contributed by atoms with Crippen LogP contribution < -0.4 is 10.6 Å². The minimum absolute atomic E-state index is 0.0752. The molecule has 8 aromatic rings. The van der Waals surface area contributed by atoms with Crippen LogP contribution in [0.4, 0.5) is 0 Å². The van der Waals surface area contributed by atoms with Gasteiger partial charge < -0.3 is 0 Å². The van der Waals surface area contributed by atoms with E-state index in [2.05, 4.69) is 196 Å². The predicted molar refractivity (Wildman–Crippen MR) is 227 cm³/mol. The summed E-state index contributed by atoms with van der Waals surface area (Å²) in [5, 5.41) is 4.61. The molecular formula is C53H38N2. The zero-order valence-electron chi connectivity index (χ0n) is 30.9. The van der Waals surface area contributed by atoms with Crippen LogP contribution in [0, 0.1) is 19.8 Å². The number of aryl methyl sites for hydroxylation is 2. The summed E-state index contributed by atoms with van der Waals surface area (Å²) < 4.78 is 0. The van der Waals surface area contributed by atoms with Crippen molar-refractivity contribution in [3.05, 3.63) is 232 Å². The van der Waals surface area contributed by atoms with Crippen LogP contribution >= 0.6 is 0 Å². The summed E-state index contributed by atoms with van der Waals surface area (Å²) in [6, 6.07) is 58.8. The summed E-state index contributed by atoms with van der Waals surface area (Å²) in [6.45, 7) is 4.43. The van der Waals surface area contributed by atoms with Crippen LogP contribution in [0.15, 0.2) is 187 Å². The quantitative estimate of drug-likeness (QED) is 0.168. The maximum absolute atomic E-state index is 5.21. The molecule has 0 saturated heterocycles. The van der Waals surface area contributed by atoms with E-state index in [9.17, 15) is 0 Å². The molecule has 2 atom stereocenters. The molecule has 2 nitrogen and oxygen atoms in total. The SMILES string of the molecule is Cc1cccc(C2(c3cccc(C)c3)c3cc(C4=c5ccccc5=NC5C=CC=CC45)ccc3-c3ccc(-c4c5ccccc5nc5ccccc45)cc32)c1. The van der Waals surface area contributed by atoms with E-state index >= 15 is 0 Å². The molecule has 0 N–H and O–H groups in total. The van der Waals surface area contributed by atoms with Crippen molar-refractivity contribution in [3.63, 3.8) is 0 Å². The zero-order valence-corrected chi connectivity index (χ0v) is 30.9. The predicted octanol–water partition coefficient (Wildman–Crippen LogP) is 11.0. The first-order chi connectivity index (χ1) is 27.1. The van der Waals surface area contributed by atoms with E-state index in [1.54, 1.807) is 0 Å². The lowest BCUT2D eigenvalue weighted by Gasteiger charge is -2.35. The number of fused-ring (bicyclic) bond motifs is 7. The number of benzene rings is 7. The Hall–Kier alpha value is -6.64. The number of aromatic nitrogens is 1. The van der Waals surface area contributed by atoms with Crippen molar-refractivity contribution in [2.24, 2.45) is 10.9 Å². The molecule has 0 saturated carbocycles. The van der Waals surface area contributed by atoms with Gasteiger partial charge in [0, 0.05) is 27.5 Å². The molecule has 55 heavy (non-hydrogen) atoms. The first-order valence-corrected chi connectivity index (χ1v) is 19.3. The highest BCUT2D eigenvalue weighted by Gasteiger charge is 2.47. The summed E-state index contributed by atoms with van der Waals surface area (Å²) in [5.41, 5.74) is 16.7. The molecule has 1 aliphatic heterocycles. The highest BCUT2D eigenvalue weighted by molar-refractivity contribution is 6.10. The van der Waals surface area contributed by atoms with Crippen molar-refractivity contribution in [2.75, 3.05) is 0 Å². The second kappa shape index (κ2) is 12.2. The number of pyridine rings is 1. The third kappa shape index (κ3) is 4.74. The van der Waals surface area contributed by atoms with Crippen LogP contribution in [-0.2, 0) is 5.41 Å². The molecule has 0 bridgehead atoms. The third-order valence-corrected chi connectivity index (χ3v) is 12.1. The second-order valence-electron chi connectivity index (χ2n) is 15.4. The van der Waals surface area contributed by atoms with Crippen molar-refractivity contribution in [1.82, 2.24) is 4.98 Å². The average Bonchev–Trinajstić information content (AvgIpc) is 3.51. The maximum atomic E-state index is 5.21. The molecule has 3 aliphatic rings. The minimum Gasteiger partial charge on any atom is -0.276 e. The highest BCUT2D eigenvalue weighted by Crippen LogP contribution is 2.58. The fourth-order valence-electron chi connectivity index (χ4n) is 9.83. The Morgan fingerprint density at radius 1 is 0.509 bits per heavy atom.